The number of carbonyl (C=O) groups excluding carboxylic acids is 3. The number of ether oxygens (including phenoxy) is 2. The molecule has 1 saturated carbocycles. The summed E-state index contributed by atoms with van der Waals surface area (Å²) in [5.41, 5.74) is 1.55. The first kappa shape index (κ1) is 22.8. The Hall–Kier alpha value is -3.93. The Labute approximate surface area is 203 Å². The van der Waals surface area contributed by atoms with Crippen molar-refractivity contribution in [2.75, 3.05) is 0 Å². The van der Waals surface area contributed by atoms with Gasteiger partial charge in [0.1, 0.15) is 11.5 Å². The van der Waals surface area contributed by atoms with Gasteiger partial charge >= 0.3 is 11.9 Å². The van der Waals surface area contributed by atoms with Gasteiger partial charge in [-0.05, 0) is 34.4 Å². The molecule has 1 saturated heterocycles. The lowest BCUT2D eigenvalue weighted by atomic mass is 9.55. The Bertz CT molecular complexity index is 1260. The van der Waals surface area contributed by atoms with Crippen molar-refractivity contribution in [1.29, 1.82) is 0 Å². The zero-order chi connectivity index (χ0) is 24.8. The second kappa shape index (κ2) is 8.38. The van der Waals surface area contributed by atoms with Crippen molar-refractivity contribution in [2.24, 2.45) is 5.41 Å². The molecule has 3 aromatic rings. The summed E-state index contributed by atoms with van der Waals surface area (Å²) < 4.78 is 11.3. The van der Waals surface area contributed by atoms with Gasteiger partial charge in [-0.3, -0.25) is 14.4 Å². The molecule has 6 heteroatoms. The number of esters is 2. The van der Waals surface area contributed by atoms with Gasteiger partial charge in [-0.1, -0.05) is 66.7 Å². The van der Waals surface area contributed by atoms with Crippen LogP contribution in [-0.2, 0) is 23.9 Å². The molecule has 0 aromatic heterocycles. The molecule has 2 aliphatic rings. The van der Waals surface area contributed by atoms with E-state index in [4.69, 9.17) is 9.47 Å². The molecule has 0 bridgehead atoms. The van der Waals surface area contributed by atoms with Crippen molar-refractivity contribution < 1.29 is 29.0 Å². The maximum absolute atomic E-state index is 13.7. The van der Waals surface area contributed by atoms with Crippen molar-refractivity contribution in [3.8, 4) is 16.9 Å². The van der Waals surface area contributed by atoms with Crippen molar-refractivity contribution in [2.45, 2.75) is 44.3 Å². The minimum Gasteiger partial charge on any atom is -0.508 e. The van der Waals surface area contributed by atoms with E-state index in [0.717, 1.165) is 16.7 Å². The Morgan fingerprint density at radius 2 is 1.14 bits per heavy atom. The molecule has 2 fully saturated rings. The van der Waals surface area contributed by atoms with Crippen LogP contribution in [0.1, 0.15) is 49.7 Å². The number of ketones is 1. The fourth-order valence-corrected chi connectivity index (χ4v) is 5.40. The molecule has 0 amide bonds. The highest BCUT2D eigenvalue weighted by Gasteiger charge is 2.67. The predicted molar refractivity (Wildman–Crippen MR) is 128 cm³/mol. The van der Waals surface area contributed by atoms with Gasteiger partial charge in [-0.2, -0.15) is 0 Å². The molecule has 5 rings (SSSR count). The van der Waals surface area contributed by atoms with Crippen LogP contribution >= 0.6 is 0 Å². The number of aromatic hydroxyl groups is 1. The van der Waals surface area contributed by atoms with Gasteiger partial charge in [-0.25, -0.2) is 0 Å². The van der Waals surface area contributed by atoms with E-state index in [-0.39, 0.29) is 24.4 Å². The molecule has 1 spiro atoms. The van der Waals surface area contributed by atoms with Gasteiger partial charge in [-0.15, -0.1) is 0 Å². The number of hydrogen-bond acceptors (Lipinski definition) is 6. The Balaban J connectivity index is 1.63. The third kappa shape index (κ3) is 3.89. The largest absolute Gasteiger partial charge is 0.508 e. The van der Waals surface area contributed by atoms with E-state index >= 15 is 0 Å². The summed E-state index contributed by atoms with van der Waals surface area (Å²) in [6.07, 6.45) is 0.0866. The Morgan fingerprint density at radius 1 is 0.686 bits per heavy atom. The van der Waals surface area contributed by atoms with Crippen LogP contribution in [0.25, 0.3) is 11.1 Å². The number of phenolic OH excluding ortho intramolecular Hbond substituents is 1. The summed E-state index contributed by atoms with van der Waals surface area (Å²) >= 11 is 0. The van der Waals surface area contributed by atoms with Crippen molar-refractivity contribution in [1.82, 2.24) is 0 Å². The van der Waals surface area contributed by atoms with E-state index in [2.05, 4.69) is 0 Å². The van der Waals surface area contributed by atoms with Gasteiger partial charge < -0.3 is 14.6 Å². The number of hydrogen-bond donors (Lipinski definition) is 1. The first-order valence-corrected chi connectivity index (χ1v) is 11.6. The quantitative estimate of drug-likeness (QED) is 0.423. The summed E-state index contributed by atoms with van der Waals surface area (Å²) in [5.74, 6) is -3.99. The third-order valence-electron chi connectivity index (χ3n) is 7.03. The van der Waals surface area contributed by atoms with Crippen molar-refractivity contribution in [3.05, 3.63) is 90.0 Å². The smallest absolute Gasteiger partial charge is 0.328 e. The number of benzene rings is 3. The summed E-state index contributed by atoms with van der Waals surface area (Å²) in [4.78, 5) is 40.5. The normalized spacial score (nSPS) is 23.0. The number of carbonyl (C=O) groups is 3. The third-order valence-corrected chi connectivity index (χ3v) is 7.03. The van der Waals surface area contributed by atoms with E-state index in [1.54, 1.807) is 24.3 Å². The van der Waals surface area contributed by atoms with E-state index in [0.29, 0.717) is 5.56 Å². The molecule has 0 unspecified atom stereocenters. The number of cyclic esters (lactones) is 2. The first-order valence-electron chi connectivity index (χ1n) is 11.6. The van der Waals surface area contributed by atoms with Crippen LogP contribution in [0.3, 0.4) is 0 Å². The molecule has 178 valence electrons. The highest BCUT2D eigenvalue weighted by molar-refractivity contribution is 6.06. The van der Waals surface area contributed by atoms with Crippen LogP contribution in [0, 0.1) is 5.41 Å². The summed E-state index contributed by atoms with van der Waals surface area (Å²) in [6.45, 7) is 3.06. The predicted octanol–water partition coefficient (Wildman–Crippen LogP) is 5.11. The Kier molecular flexibility index (Phi) is 5.47. The van der Waals surface area contributed by atoms with E-state index in [1.165, 1.54) is 13.8 Å². The maximum atomic E-state index is 13.7. The molecule has 6 nitrogen and oxygen atoms in total. The monoisotopic (exact) mass is 470 g/mol. The lowest BCUT2D eigenvalue weighted by Gasteiger charge is -2.49. The zero-order valence-electron chi connectivity index (χ0n) is 19.6. The van der Waals surface area contributed by atoms with Crippen molar-refractivity contribution in [3.63, 3.8) is 0 Å². The van der Waals surface area contributed by atoms with Crippen LogP contribution in [0.5, 0.6) is 5.75 Å². The number of rotatable bonds is 3. The Morgan fingerprint density at radius 3 is 1.66 bits per heavy atom. The van der Waals surface area contributed by atoms with Crippen LogP contribution in [0.4, 0.5) is 0 Å². The van der Waals surface area contributed by atoms with Gasteiger partial charge in [0.2, 0.25) is 0 Å². The highest BCUT2D eigenvalue weighted by atomic mass is 16.7. The lowest BCUT2D eigenvalue weighted by Crippen LogP contribution is -2.61. The molecule has 1 aliphatic carbocycles. The number of Topliss-reactive ketones (excluding diaryl/α,β-unsaturated/α-hetero) is 1. The summed E-state index contributed by atoms with van der Waals surface area (Å²) in [7, 11) is 0. The molecular weight excluding hydrogens is 444 g/mol. The average Bonchev–Trinajstić information content (AvgIpc) is 2.83. The first-order chi connectivity index (χ1) is 16.7. The molecular formula is C29H26O6. The van der Waals surface area contributed by atoms with Crippen molar-refractivity contribution >= 4 is 17.7 Å². The molecule has 3 aromatic carbocycles. The number of phenols is 1. The molecule has 1 heterocycles. The summed E-state index contributed by atoms with van der Waals surface area (Å²) in [5, 5.41) is 9.57. The van der Waals surface area contributed by atoms with Crippen LogP contribution < -0.4 is 0 Å². The van der Waals surface area contributed by atoms with E-state index < -0.39 is 35.0 Å². The second-order valence-corrected chi connectivity index (χ2v) is 9.68. The molecule has 35 heavy (non-hydrogen) atoms. The van der Waals surface area contributed by atoms with Gasteiger partial charge in [0, 0.05) is 38.5 Å². The summed E-state index contributed by atoms with van der Waals surface area (Å²) in [6, 6.07) is 23.4. The van der Waals surface area contributed by atoms with Gasteiger partial charge in [0.15, 0.2) is 5.41 Å². The minimum atomic E-state index is -1.68. The maximum Gasteiger partial charge on any atom is 0.328 e. The molecule has 0 radical (unpaired) electrons. The van der Waals surface area contributed by atoms with Gasteiger partial charge in [0.25, 0.3) is 5.79 Å². The lowest BCUT2D eigenvalue weighted by molar-refractivity contribution is -0.256. The topological polar surface area (TPSA) is 89.9 Å². The SMILES string of the molecule is CC1(C)OC(=O)C2(C(=O)O1)[C@@H](c1ccc(-c3ccc(O)cc3)cc1)CC(=O)C[C@H]2c1ccccc1. The standard InChI is InChI=1S/C29H26O6/c1-28(2)34-26(32)29(27(33)35-28)24(20-6-4-3-5-7-20)16-23(31)17-25(29)21-10-8-18(9-11-21)19-12-14-22(30)15-13-19/h3-15,24-25,30H,16-17H2,1-2H3/t24-,25+/m0/s1. The fraction of sp³-hybridized carbons (Fsp3) is 0.276. The van der Waals surface area contributed by atoms with Crippen LogP contribution in [0.15, 0.2) is 78.9 Å². The zero-order valence-corrected chi connectivity index (χ0v) is 19.6. The van der Waals surface area contributed by atoms with Gasteiger partial charge in [0.05, 0.1) is 0 Å². The minimum absolute atomic E-state index is 0.0254. The molecule has 1 aliphatic heterocycles. The molecule has 1 N–H and O–H groups in total. The van der Waals surface area contributed by atoms with Crippen LogP contribution in [0.2, 0.25) is 0 Å². The van der Waals surface area contributed by atoms with E-state index in [9.17, 15) is 19.5 Å². The average molecular weight is 471 g/mol. The van der Waals surface area contributed by atoms with E-state index in [1.807, 2.05) is 54.6 Å². The fourth-order valence-electron chi connectivity index (χ4n) is 5.40. The highest BCUT2D eigenvalue weighted by Crippen LogP contribution is 2.57. The van der Waals surface area contributed by atoms with Crippen LogP contribution in [-0.4, -0.2) is 28.6 Å². The second-order valence-electron chi connectivity index (χ2n) is 9.68. The molecule has 2 atom stereocenters.